The van der Waals surface area contributed by atoms with E-state index in [-0.39, 0.29) is 6.54 Å². The van der Waals surface area contributed by atoms with Gasteiger partial charge < -0.3 is 39.4 Å². The van der Waals surface area contributed by atoms with Crippen molar-refractivity contribution in [3.63, 3.8) is 0 Å². The molecule has 9 nitrogen and oxygen atoms in total. The predicted octanol–water partition coefficient (Wildman–Crippen LogP) is 2.52. The highest BCUT2D eigenvalue weighted by Crippen LogP contribution is 2.38. The van der Waals surface area contributed by atoms with Gasteiger partial charge in [-0.2, -0.15) is 0 Å². The summed E-state index contributed by atoms with van der Waals surface area (Å²) in [6.07, 6.45) is -0.788. The summed E-state index contributed by atoms with van der Waals surface area (Å²) in [6.45, 7) is 3.26. The van der Waals surface area contributed by atoms with Gasteiger partial charge in [0.2, 0.25) is 5.75 Å². The highest BCUT2D eigenvalue weighted by molar-refractivity contribution is 5.79. The van der Waals surface area contributed by atoms with Gasteiger partial charge in [0.1, 0.15) is 11.5 Å². The molecule has 1 unspecified atom stereocenters. The van der Waals surface area contributed by atoms with Crippen molar-refractivity contribution in [2.45, 2.75) is 19.6 Å². The van der Waals surface area contributed by atoms with Crippen LogP contribution in [0.25, 0.3) is 0 Å². The third-order valence-electron chi connectivity index (χ3n) is 4.71. The van der Waals surface area contributed by atoms with Crippen LogP contribution in [0, 0.1) is 0 Å². The summed E-state index contributed by atoms with van der Waals surface area (Å²) in [5, 5.41) is 17.0. The second-order valence-electron chi connectivity index (χ2n) is 6.77. The van der Waals surface area contributed by atoms with Crippen LogP contribution in [0.2, 0.25) is 0 Å². The zero-order valence-corrected chi connectivity index (χ0v) is 19.5. The molecule has 2 rings (SSSR count). The molecule has 0 heterocycles. The Kier molecular flexibility index (Phi) is 9.75. The number of ether oxygens (including phenoxy) is 5. The summed E-state index contributed by atoms with van der Waals surface area (Å²) in [6, 6.07) is 9.01. The van der Waals surface area contributed by atoms with E-state index < -0.39 is 6.10 Å². The van der Waals surface area contributed by atoms with E-state index in [0.717, 1.165) is 5.56 Å². The van der Waals surface area contributed by atoms with E-state index in [2.05, 4.69) is 15.6 Å². The Hall–Kier alpha value is -3.33. The number of aliphatic hydroxyl groups excluding tert-OH is 1. The number of aliphatic imine (C=N–C) groups is 1. The van der Waals surface area contributed by atoms with Crippen LogP contribution in [-0.2, 0) is 6.54 Å². The molecule has 3 N–H and O–H groups in total. The summed E-state index contributed by atoms with van der Waals surface area (Å²) < 4.78 is 26.7. The first-order chi connectivity index (χ1) is 15.5. The minimum atomic E-state index is -0.788. The van der Waals surface area contributed by atoms with Crippen molar-refractivity contribution in [2.24, 2.45) is 4.99 Å². The Labute approximate surface area is 189 Å². The van der Waals surface area contributed by atoms with Crippen molar-refractivity contribution in [3.05, 3.63) is 41.5 Å². The van der Waals surface area contributed by atoms with Gasteiger partial charge in [0.15, 0.2) is 17.5 Å². The van der Waals surface area contributed by atoms with Crippen LogP contribution < -0.4 is 34.3 Å². The molecule has 176 valence electrons. The molecule has 9 heteroatoms. The maximum atomic E-state index is 10.7. The van der Waals surface area contributed by atoms with Gasteiger partial charge in [0.25, 0.3) is 0 Å². The normalized spacial score (nSPS) is 12.0. The highest BCUT2D eigenvalue weighted by Gasteiger charge is 2.14. The average Bonchev–Trinajstić information content (AvgIpc) is 2.84. The smallest absolute Gasteiger partial charge is 0.203 e. The lowest BCUT2D eigenvalue weighted by Crippen LogP contribution is -2.39. The van der Waals surface area contributed by atoms with E-state index in [1.807, 2.05) is 19.1 Å². The van der Waals surface area contributed by atoms with E-state index >= 15 is 0 Å². The summed E-state index contributed by atoms with van der Waals surface area (Å²) in [7, 11) is 7.86. The van der Waals surface area contributed by atoms with Crippen LogP contribution in [0.3, 0.4) is 0 Å². The molecule has 0 aromatic heterocycles. The molecular formula is C23H33N3O6. The molecule has 0 saturated carbocycles. The SMILES string of the molecule is CCNC(=NCc1cc(OC)c(OC)c(OC)c1)NCC(O)c1cc(OC)cc(OC)c1. The first kappa shape index (κ1) is 24.9. The first-order valence-electron chi connectivity index (χ1n) is 10.2. The number of benzene rings is 2. The number of hydrogen-bond donors (Lipinski definition) is 3. The second-order valence-corrected chi connectivity index (χ2v) is 6.77. The number of guanidine groups is 1. The van der Waals surface area contributed by atoms with E-state index in [1.54, 1.807) is 53.7 Å². The van der Waals surface area contributed by atoms with Gasteiger partial charge in [-0.3, -0.25) is 0 Å². The largest absolute Gasteiger partial charge is 0.497 e. The van der Waals surface area contributed by atoms with Gasteiger partial charge in [-0.15, -0.1) is 0 Å². The van der Waals surface area contributed by atoms with Crippen LogP contribution in [-0.4, -0.2) is 59.7 Å². The Morgan fingerprint density at radius 3 is 1.91 bits per heavy atom. The molecule has 0 amide bonds. The van der Waals surface area contributed by atoms with Crippen molar-refractivity contribution in [1.29, 1.82) is 0 Å². The van der Waals surface area contributed by atoms with Crippen LogP contribution in [0.4, 0.5) is 0 Å². The predicted molar refractivity (Wildman–Crippen MR) is 123 cm³/mol. The monoisotopic (exact) mass is 447 g/mol. The lowest BCUT2D eigenvalue weighted by atomic mass is 10.1. The van der Waals surface area contributed by atoms with Gasteiger partial charge >= 0.3 is 0 Å². The van der Waals surface area contributed by atoms with Crippen molar-refractivity contribution in [1.82, 2.24) is 10.6 Å². The zero-order chi connectivity index (χ0) is 23.5. The number of aliphatic hydroxyl groups is 1. The van der Waals surface area contributed by atoms with Gasteiger partial charge in [-0.1, -0.05) is 0 Å². The van der Waals surface area contributed by atoms with Gasteiger partial charge in [-0.25, -0.2) is 4.99 Å². The number of rotatable bonds is 11. The fourth-order valence-corrected chi connectivity index (χ4v) is 3.07. The lowest BCUT2D eigenvalue weighted by Gasteiger charge is -2.17. The van der Waals surface area contributed by atoms with Gasteiger partial charge in [0, 0.05) is 19.2 Å². The standard InChI is InChI=1S/C23H33N3O6/c1-7-24-23(25-13-15-8-20(30-4)22(32-6)21(9-15)31-5)26-14-19(27)16-10-17(28-2)12-18(11-16)29-3/h8-12,19,27H,7,13-14H2,1-6H3,(H2,24,25,26). The third-order valence-corrected chi connectivity index (χ3v) is 4.71. The minimum absolute atomic E-state index is 0.247. The van der Waals surface area contributed by atoms with E-state index in [9.17, 15) is 5.11 Å². The summed E-state index contributed by atoms with van der Waals surface area (Å²) in [5.74, 6) is 3.46. The van der Waals surface area contributed by atoms with Crippen LogP contribution in [0.1, 0.15) is 24.2 Å². The highest BCUT2D eigenvalue weighted by atomic mass is 16.5. The van der Waals surface area contributed by atoms with Crippen LogP contribution in [0.15, 0.2) is 35.3 Å². The number of hydrogen-bond acceptors (Lipinski definition) is 7. The van der Waals surface area contributed by atoms with Gasteiger partial charge in [-0.05, 0) is 42.3 Å². The molecule has 0 saturated heterocycles. The molecular weight excluding hydrogens is 414 g/mol. The average molecular weight is 448 g/mol. The molecule has 0 aliphatic heterocycles. The quantitative estimate of drug-likeness (QED) is 0.357. The Balaban J connectivity index is 2.14. The van der Waals surface area contributed by atoms with Crippen LogP contribution in [0.5, 0.6) is 28.7 Å². The Morgan fingerprint density at radius 2 is 1.44 bits per heavy atom. The molecule has 0 aliphatic rings. The van der Waals surface area contributed by atoms with E-state index in [4.69, 9.17) is 23.7 Å². The molecule has 32 heavy (non-hydrogen) atoms. The number of nitrogens with one attached hydrogen (secondary N) is 2. The molecule has 0 fully saturated rings. The minimum Gasteiger partial charge on any atom is -0.497 e. The topological polar surface area (TPSA) is 103 Å². The zero-order valence-electron chi connectivity index (χ0n) is 19.5. The second kappa shape index (κ2) is 12.5. The summed E-state index contributed by atoms with van der Waals surface area (Å²) in [4.78, 5) is 4.61. The van der Waals surface area contributed by atoms with Crippen molar-refractivity contribution in [2.75, 3.05) is 48.6 Å². The third kappa shape index (κ3) is 6.58. The molecule has 0 radical (unpaired) electrons. The van der Waals surface area contributed by atoms with Gasteiger partial charge in [0.05, 0.1) is 48.2 Å². The Bertz CT molecular complexity index is 856. The molecule has 2 aromatic rings. The van der Waals surface area contributed by atoms with Crippen molar-refractivity contribution >= 4 is 5.96 Å². The molecule has 2 aromatic carbocycles. The maximum absolute atomic E-state index is 10.7. The molecule has 0 spiro atoms. The fraction of sp³-hybridized carbons (Fsp3) is 0.435. The number of methoxy groups -OCH3 is 5. The lowest BCUT2D eigenvalue weighted by molar-refractivity contribution is 0.180. The Morgan fingerprint density at radius 1 is 0.844 bits per heavy atom. The van der Waals surface area contributed by atoms with E-state index in [1.165, 1.54) is 0 Å². The maximum Gasteiger partial charge on any atom is 0.203 e. The summed E-state index contributed by atoms with van der Waals surface area (Å²) in [5.41, 5.74) is 1.56. The first-order valence-corrected chi connectivity index (χ1v) is 10.2. The summed E-state index contributed by atoms with van der Waals surface area (Å²) >= 11 is 0. The molecule has 1 atom stereocenters. The molecule has 0 aliphatic carbocycles. The fourth-order valence-electron chi connectivity index (χ4n) is 3.07. The number of nitrogens with zero attached hydrogens (tertiary/aromatic N) is 1. The van der Waals surface area contributed by atoms with Crippen molar-refractivity contribution in [3.8, 4) is 28.7 Å². The van der Waals surface area contributed by atoms with E-state index in [0.29, 0.717) is 53.4 Å². The molecule has 0 bridgehead atoms. The van der Waals surface area contributed by atoms with Crippen LogP contribution >= 0.6 is 0 Å². The van der Waals surface area contributed by atoms with Crippen molar-refractivity contribution < 1.29 is 28.8 Å².